The zero-order chi connectivity index (χ0) is 15.7. The molecular formula is C20H16O3. The van der Waals surface area contributed by atoms with Gasteiger partial charge in [-0.15, -0.1) is 0 Å². The molecule has 3 heteroatoms. The van der Waals surface area contributed by atoms with Gasteiger partial charge in [0.25, 0.3) is 0 Å². The van der Waals surface area contributed by atoms with Crippen LogP contribution in [-0.4, -0.2) is 27.5 Å². The molecular weight excluding hydrogens is 288 g/mol. The van der Waals surface area contributed by atoms with Crippen LogP contribution in [0.25, 0.3) is 33.0 Å². The van der Waals surface area contributed by atoms with Gasteiger partial charge in [0.15, 0.2) is 0 Å². The molecule has 0 unspecified atom stereocenters. The van der Waals surface area contributed by atoms with Crippen molar-refractivity contribution in [1.29, 1.82) is 0 Å². The third-order valence-electron chi connectivity index (χ3n) is 5.23. The predicted molar refractivity (Wildman–Crippen MR) is 89.1 cm³/mol. The van der Waals surface area contributed by atoms with Crippen molar-refractivity contribution >= 4 is 10.8 Å². The summed E-state index contributed by atoms with van der Waals surface area (Å²) < 4.78 is 0. The van der Waals surface area contributed by atoms with Crippen LogP contribution in [0.1, 0.15) is 17.2 Å². The maximum absolute atomic E-state index is 10.3. The van der Waals surface area contributed by atoms with Crippen LogP contribution < -0.4 is 0 Å². The van der Waals surface area contributed by atoms with Gasteiger partial charge >= 0.3 is 0 Å². The Morgan fingerprint density at radius 2 is 1.43 bits per heavy atom. The van der Waals surface area contributed by atoms with Crippen LogP contribution in [0.15, 0.2) is 48.5 Å². The molecule has 0 bridgehead atoms. The number of aliphatic hydroxyl groups excluding tert-OH is 3. The van der Waals surface area contributed by atoms with Crippen molar-refractivity contribution in [2.24, 2.45) is 0 Å². The van der Waals surface area contributed by atoms with Crippen LogP contribution in [-0.2, 0) is 6.42 Å². The highest BCUT2D eigenvalue weighted by molar-refractivity contribution is 6.15. The van der Waals surface area contributed by atoms with Crippen LogP contribution in [0.2, 0.25) is 0 Å². The zero-order valence-corrected chi connectivity index (χ0v) is 12.4. The van der Waals surface area contributed by atoms with Gasteiger partial charge in [0.2, 0.25) is 0 Å². The monoisotopic (exact) mass is 304 g/mol. The molecule has 0 saturated carbocycles. The second-order valence-electron chi connectivity index (χ2n) is 6.51. The van der Waals surface area contributed by atoms with Crippen molar-refractivity contribution in [2.75, 3.05) is 0 Å². The smallest absolute Gasteiger partial charge is 0.110 e. The first-order valence-electron chi connectivity index (χ1n) is 7.88. The van der Waals surface area contributed by atoms with E-state index in [2.05, 4.69) is 36.4 Å². The zero-order valence-electron chi connectivity index (χ0n) is 12.4. The van der Waals surface area contributed by atoms with E-state index in [0.717, 1.165) is 22.3 Å². The summed E-state index contributed by atoms with van der Waals surface area (Å²) in [5, 5.41) is 32.7. The second-order valence-corrected chi connectivity index (χ2v) is 6.51. The molecule has 0 saturated heterocycles. The van der Waals surface area contributed by atoms with E-state index in [1.54, 1.807) is 0 Å². The average Bonchev–Trinajstić information content (AvgIpc) is 2.88. The molecule has 2 aliphatic carbocycles. The van der Waals surface area contributed by atoms with E-state index in [4.69, 9.17) is 0 Å². The van der Waals surface area contributed by atoms with Crippen LogP contribution in [0, 0.1) is 0 Å². The molecule has 23 heavy (non-hydrogen) atoms. The molecule has 0 spiro atoms. The van der Waals surface area contributed by atoms with E-state index in [9.17, 15) is 15.3 Å². The fourth-order valence-corrected chi connectivity index (χ4v) is 4.09. The average molecular weight is 304 g/mol. The van der Waals surface area contributed by atoms with Gasteiger partial charge in [-0.05, 0) is 50.2 Å². The van der Waals surface area contributed by atoms with E-state index in [1.165, 1.54) is 21.9 Å². The Balaban J connectivity index is 1.83. The normalized spacial score (nSPS) is 24.6. The Labute approximate surface area is 133 Å². The summed E-state index contributed by atoms with van der Waals surface area (Å²) in [4.78, 5) is 0. The first kappa shape index (κ1) is 13.3. The van der Waals surface area contributed by atoms with Gasteiger partial charge in [0.05, 0.1) is 6.10 Å². The molecule has 3 nitrogen and oxygen atoms in total. The number of hydrogen-bond donors (Lipinski definition) is 3. The minimum Gasteiger partial charge on any atom is -0.390 e. The summed E-state index contributed by atoms with van der Waals surface area (Å²) in [6.07, 6.45) is -2.72. The summed E-state index contributed by atoms with van der Waals surface area (Å²) in [6.45, 7) is 0. The van der Waals surface area contributed by atoms with Gasteiger partial charge < -0.3 is 15.3 Å². The van der Waals surface area contributed by atoms with Crippen molar-refractivity contribution in [3.05, 3.63) is 59.7 Å². The molecule has 114 valence electrons. The minimum absolute atomic E-state index is 0.368. The van der Waals surface area contributed by atoms with Crippen molar-refractivity contribution < 1.29 is 15.3 Å². The topological polar surface area (TPSA) is 60.7 Å². The Kier molecular flexibility index (Phi) is 2.55. The second kappa shape index (κ2) is 4.42. The highest BCUT2D eigenvalue weighted by Gasteiger charge is 2.35. The molecule has 3 aromatic rings. The lowest BCUT2D eigenvalue weighted by Crippen LogP contribution is -2.38. The van der Waals surface area contributed by atoms with E-state index in [-0.39, 0.29) is 0 Å². The Bertz CT molecular complexity index is 955. The van der Waals surface area contributed by atoms with Crippen LogP contribution >= 0.6 is 0 Å². The SMILES string of the molecule is O[C@@H]1[C@H](O)Cc2cc3c(cc2[C@H]1O)-c1cccc2cccc-3c12. The summed E-state index contributed by atoms with van der Waals surface area (Å²) in [6, 6.07) is 16.6. The molecule has 0 amide bonds. The number of hydrogen-bond acceptors (Lipinski definition) is 3. The van der Waals surface area contributed by atoms with Gasteiger partial charge in [-0.2, -0.15) is 0 Å². The number of rotatable bonds is 0. The van der Waals surface area contributed by atoms with Gasteiger partial charge in [0.1, 0.15) is 12.2 Å². The summed E-state index contributed by atoms with van der Waals surface area (Å²) >= 11 is 0. The largest absolute Gasteiger partial charge is 0.390 e. The summed E-state index contributed by atoms with van der Waals surface area (Å²) in [5.41, 5.74) is 6.25. The van der Waals surface area contributed by atoms with E-state index < -0.39 is 18.3 Å². The van der Waals surface area contributed by atoms with Crippen LogP contribution in [0.5, 0.6) is 0 Å². The number of benzene rings is 3. The Morgan fingerprint density at radius 3 is 2.13 bits per heavy atom. The molecule has 0 heterocycles. The van der Waals surface area contributed by atoms with Crippen LogP contribution in [0.4, 0.5) is 0 Å². The van der Waals surface area contributed by atoms with Crippen molar-refractivity contribution in [3.63, 3.8) is 0 Å². The van der Waals surface area contributed by atoms with Crippen LogP contribution in [0.3, 0.4) is 0 Å². The van der Waals surface area contributed by atoms with E-state index in [1.807, 2.05) is 12.1 Å². The van der Waals surface area contributed by atoms with Gasteiger partial charge in [-0.1, -0.05) is 42.5 Å². The molecule has 3 aromatic carbocycles. The summed E-state index contributed by atoms with van der Waals surface area (Å²) in [5.74, 6) is 0. The highest BCUT2D eigenvalue weighted by Crippen LogP contribution is 2.49. The lowest BCUT2D eigenvalue weighted by Gasteiger charge is -2.31. The molecule has 3 atom stereocenters. The molecule has 2 aliphatic rings. The molecule has 0 aromatic heterocycles. The van der Waals surface area contributed by atoms with E-state index >= 15 is 0 Å². The van der Waals surface area contributed by atoms with Gasteiger partial charge in [-0.3, -0.25) is 0 Å². The molecule has 0 fully saturated rings. The third-order valence-corrected chi connectivity index (χ3v) is 5.23. The quantitative estimate of drug-likeness (QED) is 0.468. The highest BCUT2D eigenvalue weighted by atomic mass is 16.4. The number of fused-ring (bicyclic) bond motifs is 4. The first-order valence-corrected chi connectivity index (χ1v) is 7.88. The van der Waals surface area contributed by atoms with Gasteiger partial charge in [-0.25, -0.2) is 0 Å². The van der Waals surface area contributed by atoms with Crippen molar-refractivity contribution in [2.45, 2.75) is 24.7 Å². The van der Waals surface area contributed by atoms with Crippen molar-refractivity contribution in [3.8, 4) is 22.3 Å². The standard InChI is InChI=1S/C20H16O3/c21-17-8-11-7-15-12-5-1-3-10-4-2-6-13(18(10)12)16(15)9-14(11)19(22)20(17)23/h1-7,9,17,19-23H,8H2/t17-,19-,20-/m1/s1. The molecule has 5 rings (SSSR count). The minimum atomic E-state index is -1.12. The Morgan fingerprint density at radius 1 is 0.783 bits per heavy atom. The fraction of sp³-hybridized carbons (Fsp3) is 0.200. The summed E-state index contributed by atoms with van der Waals surface area (Å²) in [7, 11) is 0. The number of aliphatic hydroxyl groups is 3. The first-order chi connectivity index (χ1) is 11.1. The third kappa shape index (κ3) is 1.64. The van der Waals surface area contributed by atoms with Gasteiger partial charge in [0, 0.05) is 6.42 Å². The maximum Gasteiger partial charge on any atom is 0.110 e. The van der Waals surface area contributed by atoms with E-state index in [0.29, 0.717) is 6.42 Å². The van der Waals surface area contributed by atoms with Crippen molar-refractivity contribution in [1.82, 2.24) is 0 Å². The lowest BCUT2D eigenvalue weighted by atomic mass is 9.82. The molecule has 0 aliphatic heterocycles. The lowest BCUT2D eigenvalue weighted by molar-refractivity contribution is -0.0685. The molecule has 0 radical (unpaired) electrons. The fourth-order valence-electron chi connectivity index (χ4n) is 4.09. The maximum atomic E-state index is 10.3. The molecule has 3 N–H and O–H groups in total. The Hall–Kier alpha value is -2.20. The predicted octanol–water partition coefficient (Wildman–Crippen LogP) is 2.80.